The van der Waals surface area contributed by atoms with Crippen LogP contribution in [0.4, 0.5) is 0 Å². The van der Waals surface area contributed by atoms with Crippen molar-refractivity contribution in [1.82, 2.24) is 0 Å². The minimum Gasteiger partial charge on any atom is -0.456 e. The van der Waals surface area contributed by atoms with Crippen LogP contribution < -0.4 is 0 Å². The summed E-state index contributed by atoms with van der Waals surface area (Å²) in [7, 11) is 0. The molecule has 1 heterocycles. The largest absolute Gasteiger partial charge is 0.456 e. The molecule has 0 N–H and O–H groups in total. The summed E-state index contributed by atoms with van der Waals surface area (Å²) in [4.78, 5) is 0. The lowest BCUT2D eigenvalue weighted by Crippen LogP contribution is -1.92. The van der Waals surface area contributed by atoms with Gasteiger partial charge in [0.25, 0.3) is 0 Å². The number of hydrogen-bond acceptors (Lipinski definition) is 1. The highest BCUT2D eigenvalue weighted by molar-refractivity contribution is 6.24. The maximum absolute atomic E-state index is 9.32. The van der Waals surface area contributed by atoms with Gasteiger partial charge in [0.2, 0.25) is 0 Å². The molecule has 0 fully saturated rings. The van der Waals surface area contributed by atoms with Gasteiger partial charge in [0.15, 0.2) is 0 Å². The molecule has 0 aliphatic carbocycles. The van der Waals surface area contributed by atoms with E-state index in [-0.39, 0.29) is 68.5 Å². The first-order chi connectivity index (χ1) is 27.1. The molecule has 0 amide bonds. The van der Waals surface area contributed by atoms with Gasteiger partial charge < -0.3 is 4.42 Å². The Bertz CT molecular complexity index is 3300. The van der Waals surface area contributed by atoms with Crippen LogP contribution in [0.3, 0.4) is 0 Å². The summed E-state index contributed by atoms with van der Waals surface area (Å²) >= 11 is 0. The maximum atomic E-state index is 9.32. The molecule has 0 bridgehead atoms. The van der Waals surface area contributed by atoms with Crippen LogP contribution in [0.15, 0.2) is 174 Å². The Balaban J connectivity index is 1.30. The summed E-state index contributed by atoms with van der Waals surface area (Å²) in [5.41, 5.74) is 4.59. The molecule has 47 heavy (non-hydrogen) atoms. The molecule has 9 aromatic carbocycles. The van der Waals surface area contributed by atoms with E-state index in [1.54, 1.807) is 0 Å². The minimum atomic E-state index is -0.531. The lowest BCUT2D eigenvalue weighted by atomic mass is 9.84. The van der Waals surface area contributed by atoms with Crippen LogP contribution in [-0.2, 0) is 0 Å². The molecular formula is C46H28O. The van der Waals surface area contributed by atoms with E-state index in [4.69, 9.17) is 14.0 Å². The van der Waals surface area contributed by atoms with Crippen molar-refractivity contribution in [2.75, 3.05) is 0 Å². The fourth-order valence-electron chi connectivity index (χ4n) is 7.14. The van der Waals surface area contributed by atoms with Gasteiger partial charge in [0.1, 0.15) is 11.2 Å². The van der Waals surface area contributed by atoms with Gasteiger partial charge in [-0.15, -0.1) is 0 Å². The average molecular weight is 606 g/mol. The Kier molecular flexibility index (Phi) is 4.05. The first-order valence-corrected chi connectivity index (χ1v) is 15.5. The molecule has 0 atom stereocenters. The summed E-state index contributed by atoms with van der Waals surface area (Å²) in [6.45, 7) is 0. The van der Waals surface area contributed by atoms with Gasteiger partial charge in [0, 0.05) is 10.8 Å². The van der Waals surface area contributed by atoms with E-state index in [1.165, 1.54) is 0 Å². The van der Waals surface area contributed by atoms with Crippen molar-refractivity contribution in [1.29, 1.82) is 0 Å². The molecule has 0 radical (unpaired) electrons. The summed E-state index contributed by atoms with van der Waals surface area (Å²) in [5, 5.41) is 6.40. The van der Waals surface area contributed by atoms with E-state index in [1.807, 2.05) is 54.6 Å². The van der Waals surface area contributed by atoms with Crippen LogP contribution in [0.2, 0.25) is 0 Å². The van der Waals surface area contributed by atoms with Crippen molar-refractivity contribution in [3.8, 4) is 33.4 Å². The van der Waals surface area contributed by atoms with Crippen molar-refractivity contribution in [3.63, 3.8) is 0 Å². The van der Waals surface area contributed by atoms with Crippen molar-refractivity contribution in [3.05, 3.63) is 170 Å². The summed E-state index contributed by atoms with van der Waals surface area (Å²) in [6.07, 6.45) is 0. The molecule has 1 nitrogen and oxygen atoms in total. The number of benzene rings is 9. The Labute approximate surface area is 284 Å². The van der Waals surface area contributed by atoms with Gasteiger partial charge in [-0.1, -0.05) is 145 Å². The second-order valence-corrected chi connectivity index (χ2v) is 11.7. The molecule has 218 valence electrons. The van der Waals surface area contributed by atoms with Gasteiger partial charge in [-0.25, -0.2) is 0 Å². The van der Waals surface area contributed by atoms with Crippen LogP contribution >= 0.6 is 0 Å². The molecule has 0 saturated heterocycles. The number of furan rings is 1. The fraction of sp³-hybridized carbons (Fsp3) is 0. The van der Waals surface area contributed by atoms with Crippen molar-refractivity contribution < 1.29 is 16.8 Å². The molecule has 10 aromatic rings. The number of rotatable bonds is 3. The van der Waals surface area contributed by atoms with E-state index in [2.05, 4.69) is 60.7 Å². The van der Waals surface area contributed by atoms with Gasteiger partial charge in [-0.05, 0) is 101 Å². The van der Waals surface area contributed by atoms with Crippen molar-refractivity contribution >= 4 is 65.0 Å². The molecule has 1 aromatic heterocycles. The van der Waals surface area contributed by atoms with E-state index in [0.29, 0.717) is 5.56 Å². The van der Waals surface area contributed by atoms with Crippen LogP contribution in [0, 0.1) is 0 Å². The quantitative estimate of drug-likeness (QED) is 0.183. The predicted molar refractivity (Wildman–Crippen MR) is 200 cm³/mol. The summed E-state index contributed by atoms with van der Waals surface area (Å²) < 4.78 is 85.2. The van der Waals surface area contributed by atoms with Crippen LogP contribution in [0.25, 0.3) is 98.4 Å². The smallest absolute Gasteiger partial charge is 0.136 e. The van der Waals surface area contributed by atoms with Crippen molar-refractivity contribution in [2.45, 2.75) is 0 Å². The molecule has 0 unspecified atom stereocenters. The Morgan fingerprint density at radius 2 is 1.02 bits per heavy atom. The van der Waals surface area contributed by atoms with E-state index in [9.17, 15) is 2.74 Å². The van der Waals surface area contributed by atoms with E-state index >= 15 is 0 Å². The standard InChI is InChI=1S/C46H28O/c1-2-14-31-28-43-41(27-30(31)13-1)46-35(23-11-25-42(46)47-43)32-16-9-17-33(26-32)44-37-19-5-7-21-39(37)45(40-22-8-6-20-38(40)44)36-24-10-15-29-12-3-4-18-34(29)36/h1-28H/i1D,2D,11D,13D,14D,23D,25D,27D,28D. The number of hydrogen-bond donors (Lipinski definition) is 0. The second kappa shape index (κ2) is 10.2. The normalized spacial score (nSPS) is 14.5. The predicted octanol–water partition coefficient (Wildman–Crippen LogP) is 13.2. The Morgan fingerprint density at radius 1 is 0.404 bits per heavy atom. The molecule has 10 rings (SSSR count). The minimum absolute atomic E-state index is 0.0558. The number of fused-ring (bicyclic) bond motifs is 7. The van der Waals surface area contributed by atoms with Gasteiger partial charge in [0.05, 0.1) is 12.3 Å². The lowest BCUT2D eigenvalue weighted by molar-refractivity contribution is 0.669. The highest BCUT2D eigenvalue weighted by Crippen LogP contribution is 2.46. The summed E-state index contributed by atoms with van der Waals surface area (Å²) in [6, 6.07) is 35.3. The average Bonchev–Trinajstić information content (AvgIpc) is 3.63. The Morgan fingerprint density at radius 3 is 1.79 bits per heavy atom. The molecule has 1 heteroatoms. The zero-order chi connectivity index (χ0) is 38.7. The van der Waals surface area contributed by atoms with Crippen LogP contribution in [-0.4, -0.2) is 0 Å². The van der Waals surface area contributed by atoms with E-state index < -0.39 is 24.2 Å². The van der Waals surface area contributed by atoms with Crippen molar-refractivity contribution in [2.24, 2.45) is 0 Å². The highest BCUT2D eigenvalue weighted by atomic mass is 16.3. The third-order valence-electron chi connectivity index (χ3n) is 9.13. The molecule has 0 saturated carbocycles. The van der Waals surface area contributed by atoms with Crippen LogP contribution in [0.5, 0.6) is 0 Å². The fourth-order valence-corrected chi connectivity index (χ4v) is 7.14. The topological polar surface area (TPSA) is 13.1 Å². The molecule has 0 aliphatic rings. The van der Waals surface area contributed by atoms with Gasteiger partial charge in [-0.2, -0.15) is 0 Å². The molecular weight excluding hydrogens is 569 g/mol. The first kappa shape index (κ1) is 18.7. The lowest BCUT2D eigenvalue weighted by Gasteiger charge is -2.19. The third kappa shape index (κ3) is 3.97. The maximum Gasteiger partial charge on any atom is 0.136 e. The third-order valence-corrected chi connectivity index (χ3v) is 9.13. The zero-order valence-electron chi connectivity index (χ0n) is 33.9. The van der Waals surface area contributed by atoms with Gasteiger partial charge in [-0.3, -0.25) is 0 Å². The van der Waals surface area contributed by atoms with E-state index in [0.717, 1.165) is 54.6 Å². The molecule has 0 spiro atoms. The first-order valence-electron chi connectivity index (χ1n) is 20.0. The Hall–Kier alpha value is -6.18. The zero-order valence-corrected chi connectivity index (χ0v) is 24.9. The van der Waals surface area contributed by atoms with Gasteiger partial charge >= 0.3 is 0 Å². The SMILES string of the molecule is [2H]c1c([2H])c(-c2cccc(-c3c4ccccc4c(-c4cccc5ccccc45)c4ccccc34)c2)c2c(oc3c([2H])c4c([2H])c([2H])c([2H])c([2H])c4c([2H])c32)c1[2H]. The molecule has 0 aliphatic heterocycles. The highest BCUT2D eigenvalue weighted by Gasteiger charge is 2.19. The monoisotopic (exact) mass is 605 g/mol. The summed E-state index contributed by atoms with van der Waals surface area (Å²) in [5.74, 6) is 0. The second-order valence-electron chi connectivity index (χ2n) is 11.7. The van der Waals surface area contributed by atoms with Crippen LogP contribution in [0.1, 0.15) is 12.3 Å².